The third-order valence-corrected chi connectivity index (χ3v) is 9.66. The number of azo groups is 1. The zero-order valence-electron chi connectivity index (χ0n) is 30.8. The van der Waals surface area contributed by atoms with Crippen molar-refractivity contribution >= 4 is 38.4 Å². The first kappa shape index (κ1) is 41.7. The molecule has 2 atom stereocenters. The molecule has 0 amide bonds. The summed E-state index contributed by atoms with van der Waals surface area (Å²) in [5.41, 5.74) is 16.1. The highest BCUT2D eigenvalue weighted by Gasteiger charge is 2.12. The molecular formula is C40H62N6O2S. The lowest BCUT2D eigenvalue weighted by molar-refractivity contribution is 0.0894. The molecule has 0 spiro atoms. The van der Waals surface area contributed by atoms with Gasteiger partial charge in [0.2, 0.25) is 0 Å². The molecule has 8 nitrogen and oxygen atoms in total. The maximum Gasteiger partial charge on any atom is 0.142 e. The van der Waals surface area contributed by atoms with E-state index in [1.165, 1.54) is 81.2 Å². The minimum atomic E-state index is 0.451. The summed E-state index contributed by atoms with van der Waals surface area (Å²) in [5, 5.41) is 17.9. The van der Waals surface area contributed by atoms with Crippen LogP contribution in [0.4, 0.5) is 27.1 Å². The van der Waals surface area contributed by atoms with Gasteiger partial charge < -0.3 is 25.8 Å². The van der Waals surface area contributed by atoms with Crippen LogP contribution in [0.2, 0.25) is 0 Å². The Bertz CT molecular complexity index is 1330. The first-order chi connectivity index (χ1) is 23.8. The molecule has 0 aliphatic rings. The molecule has 270 valence electrons. The van der Waals surface area contributed by atoms with Gasteiger partial charge in [0.1, 0.15) is 16.1 Å². The number of hydrogen-bond acceptors (Lipinski definition) is 9. The average molecular weight is 691 g/mol. The van der Waals surface area contributed by atoms with Crippen molar-refractivity contribution in [3.63, 3.8) is 0 Å². The van der Waals surface area contributed by atoms with Crippen LogP contribution in [-0.2, 0) is 9.47 Å². The van der Waals surface area contributed by atoms with Gasteiger partial charge in [0.05, 0.1) is 24.5 Å². The Morgan fingerprint density at radius 1 is 0.796 bits per heavy atom. The van der Waals surface area contributed by atoms with E-state index >= 15 is 0 Å². The molecular weight excluding hydrogens is 629 g/mol. The molecule has 2 aromatic carbocycles. The SMILES string of the molecule is CCCCCC(CC)COCCN(CCOCC(CC)CCCCC)c1ccc(N)c(C)c1.N#Cc1cc(N=Nc2ccccc2)sc1N. The number of aryl methyl sites for hydroxylation is 1. The summed E-state index contributed by atoms with van der Waals surface area (Å²) in [7, 11) is 0. The van der Waals surface area contributed by atoms with Gasteiger partial charge >= 0.3 is 0 Å². The number of nitrogen functional groups attached to an aromatic ring is 2. The van der Waals surface area contributed by atoms with Crippen LogP contribution >= 0.6 is 11.3 Å². The highest BCUT2D eigenvalue weighted by molar-refractivity contribution is 7.19. The Kier molecular flexibility index (Phi) is 21.7. The number of nitrogens with two attached hydrogens (primary N) is 2. The van der Waals surface area contributed by atoms with Gasteiger partial charge in [-0.1, -0.05) is 109 Å². The van der Waals surface area contributed by atoms with Crippen LogP contribution in [0.15, 0.2) is 64.8 Å². The largest absolute Gasteiger partial charge is 0.399 e. The lowest BCUT2D eigenvalue weighted by atomic mass is 10.00. The maximum atomic E-state index is 8.72. The van der Waals surface area contributed by atoms with Crippen molar-refractivity contribution in [1.82, 2.24) is 0 Å². The van der Waals surface area contributed by atoms with E-state index in [0.29, 0.717) is 27.4 Å². The molecule has 0 aliphatic carbocycles. The normalized spacial score (nSPS) is 12.3. The maximum absolute atomic E-state index is 8.72. The summed E-state index contributed by atoms with van der Waals surface area (Å²) in [6, 6.07) is 19.4. The topological polar surface area (TPSA) is 122 Å². The minimum absolute atomic E-state index is 0.451. The number of benzene rings is 2. The number of hydrogen-bond donors (Lipinski definition) is 2. The molecule has 2 unspecified atom stereocenters. The highest BCUT2D eigenvalue weighted by Crippen LogP contribution is 2.32. The van der Waals surface area contributed by atoms with E-state index in [-0.39, 0.29) is 0 Å². The van der Waals surface area contributed by atoms with Crippen LogP contribution < -0.4 is 16.4 Å². The third-order valence-electron chi connectivity index (χ3n) is 8.81. The van der Waals surface area contributed by atoms with E-state index in [1.807, 2.05) is 42.5 Å². The molecule has 9 heteroatoms. The molecule has 49 heavy (non-hydrogen) atoms. The Hall–Kier alpha value is -3.45. The molecule has 3 rings (SSSR count). The van der Waals surface area contributed by atoms with Gasteiger partial charge in [-0.05, 0) is 73.6 Å². The van der Waals surface area contributed by atoms with Gasteiger partial charge in [0.15, 0.2) is 0 Å². The number of unbranched alkanes of at least 4 members (excludes halogenated alkanes) is 4. The smallest absolute Gasteiger partial charge is 0.142 e. The minimum Gasteiger partial charge on any atom is -0.399 e. The molecule has 0 radical (unpaired) electrons. The van der Waals surface area contributed by atoms with Gasteiger partial charge in [0.25, 0.3) is 0 Å². The van der Waals surface area contributed by atoms with Crippen molar-refractivity contribution in [2.45, 2.75) is 98.8 Å². The average Bonchev–Trinajstić information content (AvgIpc) is 3.49. The molecule has 1 heterocycles. The zero-order chi connectivity index (χ0) is 35.7. The summed E-state index contributed by atoms with van der Waals surface area (Å²) in [5.74, 6) is 1.37. The van der Waals surface area contributed by atoms with Crippen molar-refractivity contribution in [3.8, 4) is 6.07 Å². The van der Waals surface area contributed by atoms with Crippen LogP contribution in [0.5, 0.6) is 0 Å². The van der Waals surface area contributed by atoms with Crippen LogP contribution in [-0.4, -0.2) is 39.5 Å². The van der Waals surface area contributed by atoms with Crippen LogP contribution in [0, 0.1) is 30.1 Å². The van der Waals surface area contributed by atoms with Crippen LogP contribution in [0.1, 0.15) is 103 Å². The quantitative estimate of drug-likeness (QED) is 0.0580. The van der Waals surface area contributed by atoms with E-state index in [2.05, 4.69) is 61.9 Å². The Morgan fingerprint density at radius 3 is 1.88 bits per heavy atom. The van der Waals surface area contributed by atoms with Gasteiger partial charge in [-0.15, -0.1) is 10.2 Å². The predicted octanol–water partition coefficient (Wildman–Crippen LogP) is 11.2. The van der Waals surface area contributed by atoms with E-state index < -0.39 is 0 Å². The van der Waals surface area contributed by atoms with E-state index in [1.54, 1.807) is 6.07 Å². The third kappa shape index (κ3) is 17.2. The van der Waals surface area contributed by atoms with Gasteiger partial charge in [-0.2, -0.15) is 5.26 Å². The van der Waals surface area contributed by atoms with Crippen molar-refractivity contribution in [3.05, 3.63) is 65.7 Å². The number of rotatable bonds is 23. The number of nitrogens with zero attached hydrogens (tertiary/aromatic N) is 4. The van der Waals surface area contributed by atoms with E-state index in [4.69, 9.17) is 26.2 Å². The lowest BCUT2D eigenvalue weighted by Crippen LogP contribution is -2.32. The molecule has 0 saturated heterocycles. The van der Waals surface area contributed by atoms with Crippen molar-refractivity contribution < 1.29 is 9.47 Å². The van der Waals surface area contributed by atoms with Gasteiger partial charge in [0, 0.05) is 37.7 Å². The van der Waals surface area contributed by atoms with Crippen molar-refractivity contribution in [1.29, 1.82) is 5.26 Å². The molecule has 0 bridgehead atoms. The van der Waals surface area contributed by atoms with E-state index in [0.717, 1.165) is 56.5 Å². The van der Waals surface area contributed by atoms with Crippen molar-refractivity contribution in [2.24, 2.45) is 22.1 Å². The number of thiophene rings is 1. The summed E-state index contributed by atoms with van der Waals surface area (Å²) in [6.07, 6.45) is 12.9. The zero-order valence-corrected chi connectivity index (χ0v) is 31.6. The number of nitriles is 1. The second kappa shape index (κ2) is 25.5. The molecule has 0 aliphatic heterocycles. The van der Waals surface area contributed by atoms with Crippen LogP contribution in [0.25, 0.3) is 0 Å². The fraction of sp³-hybridized carbons (Fsp3) is 0.575. The van der Waals surface area contributed by atoms with Gasteiger partial charge in [-0.3, -0.25) is 0 Å². The second-order valence-corrected chi connectivity index (χ2v) is 13.8. The standard InChI is InChI=1S/C29H54N2O2.C11H8N4S/c1-6-10-12-14-26(8-3)23-32-20-18-31(28-16-17-29(30)25(5)22-28)19-21-33-24-27(9-4)15-13-11-7-2;12-7-8-6-10(16-11(8)13)15-14-9-4-2-1-3-5-9/h16-17,22,26-27H,6-15,18-21,23-24,30H2,1-5H3;1-6H,13H2. The molecule has 0 fully saturated rings. The predicted molar refractivity (Wildman–Crippen MR) is 209 cm³/mol. The number of anilines is 3. The molecule has 4 N–H and O–H groups in total. The van der Waals surface area contributed by atoms with E-state index in [9.17, 15) is 0 Å². The summed E-state index contributed by atoms with van der Waals surface area (Å²) >= 11 is 1.25. The fourth-order valence-corrected chi connectivity index (χ4v) is 6.08. The molecule has 0 saturated carbocycles. The Balaban J connectivity index is 0.000000430. The second-order valence-electron chi connectivity index (χ2n) is 12.7. The Labute approximate surface area is 300 Å². The van der Waals surface area contributed by atoms with Gasteiger partial charge in [-0.25, -0.2) is 0 Å². The highest BCUT2D eigenvalue weighted by atomic mass is 32.1. The summed E-state index contributed by atoms with van der Waals surface area (Å²) in [6.45, 7) is 16.2. The fourth-order valence-electron chi connectivity index (χ4n) is 5.38. The monoisotopic (exact) mass is 690 g/mol. The lowest BCUT2D eigenvalue weighted by Gasteiger charge is -2.26. The van der Waals surface area contributed by atoms with Crippen molar-refractivity contribution in [2.75, 3.05) is 55.9 Å². The molecule has 1 aromatic heterocycles. The number of ether oxygens (including phenoxy) is 2. The Morgan fingerprint density at radius 2 is 1.39 bits per heavy atom. The summed E-state index contributed by atoms with van der Waals surface area (Å²) in [4.78, 5) is 2.39. The first-order valence-electron chi connectivity index (χ1n) is 18.4. The first-order valence-corrected chi connectivity index (χ1v) is 19.2. The van der Waals surface area contributed by atoms with Crippen LogP contribution in [0.3, 0.4) is 0 Å². The molecule has 3 aromatic rings. The summed E-state index contributed by atoms with van der Waals surface area (Å²) < 4.78 is 12.3.